The molecule has 0 aliphatic carbocycles. The Morgan fingerprint density at radius 3 is 2.83 bits per heavy atom. The Labute approximate surface area is 136 Å². The third-order valence-corrected chi connectivity index (χ3v) is 4.62. The van der Waals surface area contributed by atoms with Crippen LogP contribution in [-0.4, -0.2) is 47.2 Å². The van der Waals surface area contributed by atoms with Crippen LogP contribution in [0.15, 0.2) is 24.0 Å². The molecule has 6 heteroatoms. The molecule has 0 saturated carbocycles. The standard InChI is InChI=1S/C17H24N4O2/c1-17(2,13-4-9-23-10-5-13)12-20-16(22)21-8-3-14-15(11-21)19-7-6-18-14/h4,6-7H,3,5,8-12H2,1-2H3,(H,20,22). The van der Waals surface area contributed by atoms with Crippen molar-refractivity contribution in [2.24, 2.45) is 5.41 Å². The van der Waals surface area contributed by atoms with Crippen LogP contribution in [0.2, 0.25) is 0 Å². The maximum atomic E-state index is 12.5. The lowest BCUT2D eigenvalue weighted by atomic mass is 9.81. The van der Waals surface area contributed by atoms with Gasteiger partial charge in [-0.2, -0.15) is 0 Å². The molecule has 1 aromatic heterocycles. The first-order chi connectivity index (χ1) is 11.1. The minimum atomic E-state index is -0.0487. The van der Waals surface area contributed by atoms with Gasteiger partial charge >= 0.3 is 6.03 Å². The van der Waals surface area contributed by atoms with Crippen LogP contribution in [0.5, 0.6) is 0 Å². The van der Waals surface area contributed by atoms with Crippen LogP contribution in [0.25, 0.3) is 0 Å². The van der Waals surface area contributed by atoms with E-state index in [4.69, 9.17) is 4.74 Å². The molecule has 3 heterocycles. The van der Waals surface area contributed by atoms with Gasteiger partial charge in [-0.05, 0) is 6.42 Å². The van der Waals surface area contributed by atoms with Gasteiger partial charge in [0.25, 0.3) is 0 Å². The zero-order valence-electron chi connectivity index (χ0n) is 13.8. The summed E-state index contributed by atoms with van der Waals surface area (Å²) in [6.45, 7) is 7.63. The summed E-state index contributed by atoms with van der Waals surface area (Å²) >= 11 is 0. The fourth-order valence-electron chi connectivity index (χ4n) is 3.07. The van der Waals surface area contributed by atoms with E-state index in [1.165, 1.54) is 5.57 Å². The van der Waals surface area contributed by atoms with Crippen LogP contribution < -0.4 is 5.32 Å². The summed E-state index contributed by atoms with van der Waals surface area (Å²) in [6, 6.07) is -0.0259. The van der Waals surface area contributed by atoms with Gasteiger partial charge in [0.05, 0.1) is 31.1 Å². The highest BCUT2D eigenvalue weighted by molar-refractivity contribution is 5.74. The molecule has 0 aromatic carbocycles. The Balaban J connectivity index is 1.57. The summed E-state index contributed by atoms with van der Waals surface area (Å²) in [5.41, 5.74) is 3.22. The number of rotatable bonds is 3. The van der Waals surface area contributed by atoms with Crippen molar-refractivity contribution in [2.45, 2.75) is 33.2 Å². The molecule has 1 N–H and O–H groups in total. The molecule has 0 radical (unpaired) electrons. The molecule has 2 aliphatic heterocycles. The molecular weight excluding hydrogens is 292 g/mol. The number of fused-ring (bicyclic) bond motifs is 1. The second-order valence-electron chi connectivity index (χ2n) is 6.72. The van der Waals surface area contributed by atoms with Crippen LogP contribution in [0, 0.1) is 5.41 Å². The molecule has 0 bridgehead atoms. The van der Waals surface area contributed by atoms with Crippen molar-refractivity contribution in [1.82, 2.24) is 20.2 Å². The highest BCUT2D eigenvalue weighted by Crippen LogP contribution is 2.29. The number of aromatic nitrogens is 2. The molecule has 0 spiro atoms. The summed E-state index contributed by atoms with van der Waals surface area (Å²) in [6.07, 6.45) is 7.24. The largest absolute Gasteiger partial charge is 0.377 e. The lowest BCUT2D eigenvalue weighted by molar-refractivity contribution is 0.144. The molecule has 2 aliphatic rings. The maximum absolute atomic E-state index is 12.5. The van der Waals surface area contributed by atoms with E-state index in [-0.39, 0.29) is 11.4 Å². The van der Waals surface area contributed by atoms with Crippen LogP contribution in [0.1, 0.15) is 31.7 Å². The summed E-state index contributed by atoms with van der Waals surface area (Å²) in [5.74, 6) is 0. The van der Waals surface area contributed by atoms with Gasteiger partial charge in [0.1, 0.15) is 0 Å². The first kappa shape index (κ1) is 15.9. The number of urea groups is 1. The average Bonchev–Trinajstić information content (AvgIpc) is 2.60. The van der Waals surface area contributed by atoms with E-state index in [0.29, 0.717) is 26.2 Å². The highest BCUT2D eigenvalue weighted by atomic mass is 16.5. The minimum absolute atomic E-state index is 0.0259. The van der Waals surface area contributed by atoms with Crippen molar-refractivity contribution in [3.63, 3.8) is 0 Å². The molecule has 0 fully saturated rings. The number of carbonyl (C=O) groups excluding carboxylic acids is 1. The van der Waals surface area contributed by atoms with Gasteiger partial charge in [-0.1, -0.05) is 25.5 Å². The molecule has 1 aromatic rings. The van der Waals surface area contributed by atoms with Crippen LogP contribution in [0.3, 0.4) is 0 Å². The van der Waals surface area contributed by atoms with Crippen molar-refractivity contribution in [3.05, 3.63) is 35.4 Å². The van der Waals surface area contributed by atoms with E-state index in [2.05, 4.69) is 35.2 Å². The zero-order chi connectivity index (χ0) is 16.3. The van der Waals surface area contributed by atoms with Crippen molar-refractivity contribution in [3.8, 4) is 0 Å². The first-order valence-electron chi connectivity index (χ1n) is 8.15. The van der Waals surface area contributed by atoms with E-state index >= 15 is 0 Å². The van der Waals surface area contributed by atoms with E-state index in [9.17, 15) is 4.79 Å². The number of amides is 2. The van der Waals surface area contributed by atoms with E-state index < -0.39 is 0 Å². The van der Waals surface area contributed by atoms with Crippen molar-refractivity contribution in [2.75, 3.05) is 26.3 Å². The van der Waals surface area contributed by atoms with Crippen LogP contribution >= 0.6 is 0 Å². The number of nitrogens with one attached hydrogen (secondary N) is 1. The lowest BCUT2D eigenvalue weighted by Gasteiger charge is -2.33. The first-order valence-corrected chi connectivity index (χ1v) is 8.15. The summed E-state index contributed by atoms with van der Waals surface area (Å²) in [7, 11) is 0. The Hall–Kier alpha value is -1.95. The Bertz CT molecular complexity index is 612. The highest BCUT2D eigenvalue weighted by Gasteiger charge is 2.27. The predicted octanol–water partition coefficient (Wildman–Crippen LogP) is 1.92. The molecular formula is C17H24N4O2. The second kappa shape index (κ2) is 6.66. The normalized spacial score (nSPS) is 18.2. The van der Waals surface area contributed by atoms with Gasteiger partial charge < -0.3 is 15.0 Å². The number of hydrogen-bond donors (Lipinski definition) is 1. The molecule has 3 rings (SSSR count). The van der Waals surface area contributed by atoms with Crippen molar-refractivity contribution in [1.29, 1.82) is 0 Å². The Kier molecular flexibility index (Phi) is 4.61. The monoisotopic (exact) mass is 316 g/mol. The average molecular weight is 316 g/mol. The van der Waals surface area contributed by atoms with Gasteiger partial charge in [-0.25, -0.2) is 4.79 Å². The number of ether oxygens (including phenoxy) is 1. The number of carbonyl (C=O) groups is 1. The van der Waals surface area contributed by atoms with Gasteiger partial charge in [-0.15, -0.1) is 0 Å². The maximum Gasteiger partial charge on any atom is 0.317 e. The van der Waals surface area contributed by atoms with Gasteiger partial charge in [0.2, 0.25) is 0 Å². The fourth-order valence-corrected chi connectivity index (χ4v) is 3.07. The zero-order valence-corrected chi connectivity index (χ0v) is 13.8. The molecule has 124 valence electrons. The van der Waals surface area contributed by atoms with Crippen molar-refractivity contribution < 1.29 is 9.53 Å². The molecule has 2 amide bonds. The summed E-state index contributed by atoms with van der Waals surface area (Å²) in [5, 5.41) is 3.08. The quantitative estimate of drug-likeness (QED) is 0.865. The Morgan fingerprint density at radius 1 is 1.30 bits per heavy atom. The number of nitrogens with zero attached hydrogens (tertiary/aromatic N) is 3. The number of hydrogen-bond acceptors (Lipinski definition) is 4. The van der Waals surface area contributed by atoms with Crippen molar-refractivity contribution >= 4 is 6.03 Å². The molecule has 6 nitrogen and oxygen atoms in total. The summed E-state index contributed by atoms with van der Waals surface area (Å²) < 4.78 is 5.36. The summed E-state index contributed by atoms with van der Waals surface area (Å²) in [4.78, 5) is 22.9. The minimum Gasteiger partial charge on any atom is -0.377 e. The smallest absolute Gasteiger partial charge is 0.317 e. The Morgan fingerprint density at radius 2 is 2.09 bits per heavy atom. The van der Waals surface area contributed by atoms with Gasteiger partial charge in [0.15, 0.2) is 0 Å². The van der Waals surface area contributed by atoms with Crippen LogP contribution in [0.4, 0.5) is 4.79 Å². The molecule has 0 saturated heterocycles. The van der Waals surface area contributed by atoms with Gasteiger partial charge in [-0.3, -0.25) is 9.97 Å². The van der Waals surface area contributed by atoms with E-state index in [1.54, 1.807) is 12.4 Å². The fraction of sp³-hybridized carbons (Fsp3) is 0.588. The second-order valence-corrected chi connectivity index (χ2v) is 6.72. The van der Waals surface area contributed by atoms with E-state index in [0.717, 1.165) is 30.8 Å². The molecule has 0 unspecified atom stereocenters. The van der Waals surface area contributed by atoms with Crippen LogP contribution in [-0.2, 0) is 17.7 Å². The SMILES string of the molecule is CC(C)(CNC(=O)N1CCc2nccnc2C1)C1=CCOCC1. The molecule has 0 atom stereocenters. The lowest BCUT2D eigenvalue weighted by Crippen LogP contribution is -2.46. The predicted molar refractivity (Wildman–Crippen MR) is 86.8 cm³/mol. The third kappa shape index (κ3) is 3.69. The van der Waals surface area contributed by atoms with E-state index in [1.807, 2.05) is 4.90 Å². The third-order valence-electron chi connectivity index (χ3n) is 4.62. The molecule has 23 heavy (non-hydrogen) atoms. The van der Waals surface area contributed by atoms with Gasteiger partial charge in [0, 0.05) is 37.3 Å². The topological polar surface area (TPSA) is 67.4 Å².